The van der Waals surface area contributed by atoms with Gasteiger partial charge in [0.25, 0.3) is 0 Å². The number of hydrogen-bond acceptors (Lipinski definition) is 4. The van der Waals surface area contributed by atoms with Crippen LogP contribution in [0.25, 0.3) is 11.0 Å². The van der Waals surface area contributed by atoms with Crippen molar-refractivity contribution in [2.24, 2.45) is 0 Å². The van der Waals surface area contributed by atoms with Crippen molar-refractivity contribution in [1.82, 2.24) is 19.8 Å². The van der Waals surface area contributed by atoms with Gasteiger partial charge in [-0.1, -0.05) is 12.1 Å². The van der Waals surface area contributed by atoms with E-state index in [9.17, 15) is 14.4 Å². The second kappa shape index (κ2) is 4.76. The lowest BCUT2D eigenvalue weighted by molar-refractivity contribution is -0.145. The third kappa shape index (κ3) is 2.25. The zero-order chi connectivity index (χ0) is 14.1. The first-order valence-corrected chi connectivity index (χ1v) is 6.14. The molecule has 20 heavy (non-hydrogen) atoms. The molecular formula is C13H12N4O3. The molecule has 0 saturated carbocycles. The summed E-state index contributed by atoms with van der Waals surface area (Å²) < 4.78 is 1.70. The largest absolute Gasteiger partial charge is 0.323 e. The van der Waals surface area contributed by atoms with Crippen LogP contribution in [-0.4, -0.2) is 45.3 Å². The molecule has 2 aromatic rings. The highest BCUT2D eigenvalue weighted by Crippen LogP contribution is 2.12. The first kappa shape index (κ1) is 12.3. The molecule has 3 amide bonds. The number of piperazine rings is 1. The maximum atomic E-state index is 12.1. The summed E-state index contributed by atoms with van der Waals surface area (Å²) in [6.45, 7) is -0.116. The van der Waals surface area contributed by atoms with Crippen LogP contribution in [0.2, 0.25) is 0 Å². The van der Waals surface area contributed by atoms with E-state index in [1.807, 2.05) is 24.3 Å². The first-order valence-electron chi connectivity index (χ1n) is 6.14. The van der Waals surface area contributed by atoms with Gasteiger partial charge in [0.2, 0.25) is 17.7 Å². The molecule has 0 bridgehead atoms. The summed E-state index contributed by atoms with van der Waals surface area (Å²) in [5, 5.41) is 2.16. The van der Waals surface area contributed by atoms with Crippen LogP contribution >= 0.6 is 0 Å². The Kier molecular flexibility index (Phi) is 2.94. The van der Waals surface area contributed by atoms with Crippen LogP contribution < -0.4 is 5.32 Å². The fourth-order valence-corrected chi connectivity index (χ4v) is 2.20. The quantitative estimate of drug-likeness (QED) is 0.748. The third-order valence-corrected chi connectivity index (χ3v) is 3.13. The number of imide groups is 1. The van der Waals surface area contributed by atoms with E-state index in [-0.39, 0.29) is 25.5 Å². The molecule has 1 aliphatic rings. The number of nitrogens with zero attached hydrogens (tertiary/aromatic N) is 3. The van der Waals surface area contributed by atoms with Crippen molar-refractivity contribution in [3.05, 3.63) is 30.6 Å². The summed E-state index contributed by atoms with van der Waals surface area (Å²) in [5.41, 5.74) is 1.64. The van der Waals surface area contributed by atoms with E-state index in [2.05, 4.69) is 10.3 Å². The standard InChI is InChI=1S/C13H12N4O3/c18-11-5-16(6-12(19)15-11)13(20)7-17-8-14-9-3-1-2-4-10(9)17/h1-4,8H,5-7H2,(H,15,18,19). The number of para-hydroxylation sites is 2. The van der Waals surface area contributed by atoms with Gasteiger partial charge in [-0.25, -0.2) is 4.98 Å². The first-order chi connectivity index (χ1) is 9.63. The van der Waals surface area contributed by atoms with Gasteiger partial charge < -0.3 is 9.47 Å². The van der Waals surface area contributed by atoms with Gasteiger partial charge in [0.15, 0.2) is 0 Å². The molecule has 0 radical (unpaired) electrons. The molecule has 7 heteroatoms. The minimum atomic E-state index is -0.454. The maximum Gasteiger partial charge on any atom is 0.246 e. The lowest BCUT2D eigenvalue weighted by atomic mass is 10.3. The average molecular weight is 272 g/mol. The Morgan fingerprint density at radius 3 is 2.65 bits per heavy atom. The number of hydrogen-bond donors (Lipinski definition) is 1. The zero-order valence-corrected chi connectivity index (χ0v) is 10.6. The third-order valence-electron chi connectivity index (χ3n) is 3.13. The maximum absolute atomic E-state index is 12.1. The number of fused-ring (bicyclic) bond motifs is 1. The van der Waals surface area contributed by atoms with Crippen LogP contribution in [0.1, 0.15) is 0 Å². The minimum Gasteiger partial charge on any atom is -0.323 e. The van der Waals surface area contributed by atoms with Crippen molar-refractivity contribution in [1.29, 1.82) is 0 Å². The van der Waals surface area contributed by atoms with E-state index in [1.165, 1.54) is 4.90 Å². The minimum absolute atomic E-state index is 0.0566. The fourth-order valence-electron chi connectivity index (χ4n) is 2.20. The van der Waals surface area contributed by atoms with Crippen LogP contribution in [0, 0.1) is 0 Å². The Morgan fingerprint density at radius 2 is 1.90 bits per heavy atom. The van der Waals surface area contributed by atoms with E-state index < -0.39 is 11.8 Å². The van der Waals surface area contributed by atoms with Gasteiger partial charge in [-0.15, -0.1) is 0 Å². The molecule has 1 saturated heterocycles. The number of rotatable bonds is 2. The molecule has 3 rings (SSSR count). The molecule has 0 aliphatic carbocycles. The Balaban J connectivity index is 1.79. The van der Waals surface area contributed by atoms with Crippen molar-refractivity contribution in [3.8, 4) is 0 Å². The van der Waals surface area contributed by atoms with Crippen molar-refractivity contribution >= 4 is 28.8 Å². The molecule has 0 unspecified atom stereocenters. The molecule has 1 aromatic carbocycles. The van der Waals surface area contributed by atoms with Crippen LogP contribution in [0.3, 0.4) is 0 Å². The van der Waals surface area contributed by atoms with Gasteiger partial charge in [-0.3, -0.25) is 19.7 Å². The van der Waals surface area contributed by atoms with Crippen molar-refractivity contribution < 1.29 is 14.4 Å². The van der Waals surface area contributed by atoms with Crippen molar-refractivity contribution in [3.63, 3.8) is 0 Å². The summed E-state index contributed by atoms with van der Waals surface area (Å²) in [6, 6.07) is 7.45. The Morgan fingerprint density at radius 1 is 1.20 bits per heavy atom. The monoisotopic (exact) mass is 272 g/mol. The van der Waals surface area contributed by atoms with Crippen LogP contribution in [0.4, 0.5) is 0 Å². The number of carbonyl (C=O) groups is 3. The molecule has 1 N–H and O–H groups in total. The van der Waals surface area contributed by atoms with Crippen LogP contribution in [0.15, 0.2) is 30.6 Å². The van der Waals surface area contributed by atoms with E-state index in [0.717, 1.165) is 11.0 Å². The number of nitrogens with one attached hydrogen (secondary N) is 1. The van der Waals surface area contributed by atoms with Crippen molar-refractivity contribution in [2.75, 3.05) is 13.1 Å². The number of benzene rings is 1. The molecule has 0 spiro atoms. The second-order valence-electron chi connectivity index (χ2n) is 4.58. The number of amides is 3. The van der Waals surface area contributed by atoms with E-state index >= 15 is 0 Å². The number of carbonyl (C=O) groups excluding carboxylic acids is 3. The predicted molar refractivity (Wildman–Crippen MR) is 69.5 cm³/mol. The molecule has 7 nitrogen and oxygen atoms in total. The van der Waals surface area contributed by atoms with Crippen LogP contribution in [-0.2, 0) is 20.9 Å². The SMILES string of the molecule is O=C1CN(C(=O)Cn2cnc3ccccc32)CC(=O)N1. The zero-order valence-electron chi connectivity index (χ0n) is 10.6. The number of aromatic nitrogens is 2. The summed E-state index contributed by atoms with van der Waals surface area (Å²) in [5.74, 6) is -1.19. The Bertz CT molecular complexity index is 690. The highest BCUT2D eigenvalue weighted by Gasteiger charge is 2.26. The van der Waals surface area contributed by atoms with Crippen LogP contribution in [0.5, 0.6) is 0 Å². The molecule has 1 aromatic heterocycles. The summed E-state index contributed by atoms with van der Waals surface area (Å²) in [6.07, 6.45) is 1.58. The molecule has 102 valence electrons. The van der Waals surface area contributed by atoms with Gasteiger partial charge >= 0.3 is 0 Å². The van der Waals surface area contributed by atoms with Gasteiger partial charge in [0.1, 0.15) is 19.6 Å². The molecule has 2 heterocycles. The second-order valence-corrected chi connectivity index (χ2v) is 4.58. The average Bonchev–Trinajstić information content (AvgIpc) is 2.81. The summed E-state index contributed by atoms with van der Waals surface area (Å²) in [4.78, 5) is 40.1. The normalized spacial score (nSPS) is 15.5. The molecular weight excluding hydrogens is 260 g/mol. The fraction of sp³-hybridized carbons (Fsp3) is 0.231. The van der Waals surface area contributed by atoms with Gasteiger partial charge in [0.05, 0.1) is 17.4 Å². The van der Waals surface area contributed by atoms with Gasteiger partial charge in [-0.05, 0) is 12.1 Å². The summed E-state index contributed by atoms with van der Waals surface area (Å²) >= 11 is 0. The lowest BCUT2D eigenvalue weighted by Crippen LogP contribution is -2.53. The highest BCUT2D eigenvalue weighted by molar-refractivity contribution is 6.02. The van der Waals surface area contributed by atoms with Crippen molar-refractivity contribution in [2.45, 2.75) is 6.54 Å². The predicted octanol–water partition coefficient (Wildman–Crippen LogP) is -0.479. The van der Waals surface area contributed by atoms with E-state index in [4.69, 9.17) is 0 Å². The highest BCUT2D eigenvalue weighted by atomic mass is 16.2. The smallest absolute Gasteiger partial charge is 0.246 e. The van der Waals surface area contributed by atoms with E-state index in [1.54, 1.807) is 10.9 Å². The molecule has 1 aliphatic heterocycles. The summed E-state index contributed by atoms with van der Waals surface area (Å²) in [7, 11) is 0. The van der Waals surface area contributed by atoms with Gasteiger partial charge in [-0.2, -0.15) is 0 Å². The number of imidazole rings is 1. The molecule has 1 fully saturated rings. The Hall–Kier alpha value is -2.70. The molecule has 0 atom stereocenters. The van der Waals surface area contributed by atoms with Gasteiger partial charge in [0, 0.05) is 0 Å². The topological polar surface area (TPSA) is 84.3 Å². The Labute approximate surface area is 114 Å². The van der Waals surface area contributed by atoms with E-state index in [0.29, 0.717) is 0 Å². The lowest BCUT2D eigenvalue weighted by Gasteiger charge is -2.25.